The predicted octanol–water partition coefficient (Wildman–Crippen LogP) is 17.2. The largest absolute Gasteiger partial charge is 0.462 e. The molecule has 60 heavy (non-hydrogen) atoms. The summed E-state index contributed by atoms with van der Waals surface area (Å²) in [7, 11) is 0. The lowest BCUT2D eigenvalue weighted by molar-refractivity contribution is -0.167. The van der Waals surface area contributed by atoms with Gasteiger partial charge in [-0.3, -0.25) is 14.4 Å². The zero-order valence-electron chi connectivity index (χ0n) is 41.3. The second-order valence-electron chi connectivity index (χ2n) is 19.9. The van der Waals surface area contributed by atoms with Gasteiger partial charge in [-0.2, -0.15) is 0 Å². The zero-order valence-corrected chi connectivity index (χ0v) is 41.3. The quantitative estimate of drug-likeness (QED) is 0.0345. The first-order valence-corrected chi connectivity index (χ1v) is 26.6. The first kappa shape index (κ1) is 58.4. The van der Waals surface area contributed by atoms with Gasteiger partial charge in [-0.05, 0) is 37.0 Å². The van der Waals surface area contributed by atoms with Crippen LogP contribution in [0.1, 0.15) is 292 Å². The summed E-state index contributed by atoms with van der Waals surface area (Å²) in [5.74, 6) is 1.61. The van der Waals surface area contributed by atoms with Gasteiger partial charge in [0.05, 0.1) is 0 Å². The van der Waals surface area contributed by atoms with Gasteiger partial charge in [0.25, 0.3) is 0 Å². The normalized spacial score (nSPS) is 12.2. The fraction of sp³-hybridized carbons (Fsp3) is 0.944. The lowest BCUT2D eigenvalue weighted by Crippen LogP contribution is -2.30. The van der Waals surface area contributed by atoms with E-state index in [0.29, 0.717) is 19.3 Å². The van der Waals surface area contributed by atoms with Gasteiger partial charge < -0.3 is 14.2 Å². The smallest absolute Gasteiger partial charge is 0.306 e. The molecule has 356 valence electrons. The molecule has 0 saturated carbocycles. The van der Waals surface area contributed by atoms with Crippen molar-refractivity contribution in [3.05, 3.63) is 0 Å². The number of carbonyl (C=O) groups excluding carboxylic acids is 3. The van der Waals surface area contributed by atoms with Crippen LogP contribution in [0.25, 0.3) is 0 Å². The van der Waals surface area contributed by atoms with E-state index < -0.39 is 6.10 Å². The average molecular weight is 849 g/mol. The van der Waals surface area contributed by atoms with E-state index in [2.05, 4.69) is 41.5 Å². The van der Waals surface area contributed by atoms with E-state index in [1.807, 2.05) is 0 Å². The fourth-order valence-corrected chi connectivity index (χ4v) is 8.12. The molecule has 0 N–H and O–H groups in total. The molecule has 0 aromatic carbocycles. The average Bonchev–Trinajstić information content (AvgIpc) is 3.20. The minimum atomic E-state index is -0.763. The molecule has 0 rings (SSSR count). The molecule has 0 aromatic rings. The number of rotatable bonds is 47. The zero-order chi connectivity index (χ0) is 44.2. The molecular weight excluding hydrogens is 745 g/mol. The summed E-state index contributed by atoms with van der Waals surface area (Å²) in [6, 6.07) is 0. The summed E-state index contributed by atoms with van der Waals surface area (Å²) in [6.45, 7) is 13.7. The van der Waals surface area contributed by atoms with Crippen molar-refractivity contribution in [2.75, 3.05) is 13.2 Å². The van der Waals surface area contributed by atoms with Crippen LogP contribution in [0.2, 0.25) is 0 Å². The van der Waals surface area contributed by atoms with Crippen LogP contribution in [0.3, 0.4) is 0 Å². The molecule has 6 nitrogen and oxygen atoms in total. The molecule has 6 heteroatoms. The third-order valence-corrected chi connectivity index (χ3v) is 12.1. The van der Waals surface area contributed by atoms with Crippen molar-refractivity contribution < 1.29 is 28.6 Å². The lowest BCUT2D eigenvalue weighted by atomic mass is 10.0. The summed E-state index contributed by atoms with van der Waals surface area (Å²) >= 11 is 0. The molecule has 0 unspecified atom stereocenters. The molecule has 0 aliphatic heterocycles. The van der Waals surface area contributed by atoms with Gasteiger partial charge in [0.1, 0.15) is 13.2 Å². The number of unbranched alkanes of at least 4 members (excludes halogenated alkanes) is 30. The van der Waals surface area contributed by atoms with Crippen molar-refractivity contribution in [2.24, 2.45) is 17.8 Å². The Morgan fingerprint density at radius 3 is 0.717 bits per heavy atom. The van der Waals surface area contributed by atoms with E-state index in [-0.39, 0.29) is 31.1 Å². The van der Waals surface area contributed by atoms with Crippen molar-refractivity contribution in [3.8, 4) is 0 Å². The minimum Gasteiger partial charge on any atom is -0.462 e. The van der Waals surface area contributed by atoms with Crippen molar-refractivity contribution in [3.63, 3.8) is 0 Å². The Kier molecular flexibility index (Phi) is 44.2. The summed E-state index contributed by atoms with van der Waals surface area (Å²) < 4.78 is 16.8. The minimum absolute atomic E-state index is 0.0647. The van der Waals surface area contributed by atoms with Crippen molar-refractivity contribution in [1.82, 2.24) is 0 Å². The van der Waals surface area contributed by atoms with Crippen LogP contribution >= 0.6 is 0 Å². The fourth-order valence-electron chi connectivity index (χ4n) is 8.12. The number of carbonyl (C=O) groups is 3. The van der Waals surface area contributed by atoms with Crippen LogP contribution < -0.4 is 0 Å². The van der Waals surface area contributed by atoms with Crippen molar-refractivity contribution in [2.45, 2.75) is 298 Å². The first-order valence-electron chi connectivity index (χ1n) is 26.6. The highest BCUT2D eigenvalue weighted by Gasteiger charge is 2.19. The summed E-state index contributed by atoms with van der Waals surface area (Å²) in [5.41, 5.74) is 0. The maximum Gasteiger partial charge on any atom is 0.306 e. The predicted molar refractivity (Wildman–Crippen MR) is 256 cm³/mol. The Labute approximate surface area is 374 Å². The topological polar surface area (TPSA) is 78.9 Å². The van der Waals surface area contributed by atoms with Crippen LogP contribution in [-0.2, 0) is 28.6 Å². The van der Waals surface area contributed by atoms with E-state index in [9.17, 15) is 14.4 Å². The monoisotopic (exact) mass is 849 g/mol. The van der Waals surface area contributed by atoms with E-state index in [4.69, 9.17) is 14.2 Å². The van der Waals surface area contributed by atoms with Crippen LogP contribution in [0.5, 0.6) is 0 Å². The van der Waals surface area contributed by atoms with Gasteiger partial charge in [0.2, 0.25) is 0 Å². The van der Waals surface area contributed by atoms with Gasteiger partial charge in [-0.15, -0.1) is 0 Å². The summed E-state index contributed by atoms with van der Waals surface area (Å²) in [4.78, 5) is 38.0. The SMILES string of the molecule is CC(C)CCCCCCCCCCCCCCCCCC(=O)OC[C@@H](COC(=O)CCCCCCCCCCCC(C)C)OC(=O)CCCCCCCCCCCC(C)C. The summed E-state index contributed by atoms with van der Waals surface area (Å²) in [6.07, 6.45) is 45.2. The maximum absolute atomic E-state index is 12.8. The third-order valence-electron chi connectivity index (χ3n) is 12.1. The van der Waals surface area contributed by atoms with Gasteiger partial charge in [-0.1, -0.05) is 253 Å². The molecule has 0 aromatic heterocycles. The molecule has 0 amide bonds. The van der Waals surface area contributed by atoms with Gasteiger partial charge in [-0.25, -0.2) is 0 Å². The van der Waals surface area contributed by atoms with Gasteiger partial charge in [0.15, 0.2) is 6.10 Å². The number of hydrogen-bond acceptors (Lipinski definition) is 6. The highest BCUT2D eigenvalue weighted by molar-refractivity contribution is 5.71. The Balaban J connectivity index is 4.27. The summed E-state index contributed by atoms with van der Waals surface area (Å²) in [5, 5.41) is 0. The molecule has 0 radical (unpaired) electrons. The molecule has 1 atom stereocenters. The van der Waals surface area contributed by atoms with Crippen molar-refractivity contribution in [1.29, 1.82) is 0 Å². The van der Waals surface area contributed by atoms with Crippen LogP contribution in [0.15, 0.2) is 0 Å². The highest BCUT2D eigenvalue weighted by atomic mass is 16.6. The van der Waals surface area contributed by atoms with Gasteiger partial charge >= 0.3 is 17.9 Å². The van der Waals surface area contributed by atoms with E-state index in [1.54, 1.807) is 0 Å². The van der Waals surface area contributed by atoms with Crippen LogP contribution in [0.4, 0.5) is 0 Å². The Morgan fingerprint density at radius 2 is 0.483 bits per heavy atom. The Bertz CT molecular complexity index is 929. The second kappa shape index (κ2) is 45.4. The Morgan fingerprint density at radius 1 is 0.283 bits per heavy atom. The molecular formula is C54H104O6. The van der Waals surface area contributed by atoms with E-state index in [0.717, 1.165) is 75.5 Å². The molecule has 0 aliphatic rings. The molecule has 0 fully saturated rings. The molecule has 0 saturated heterocycles. The lowest BCUT2D eigenvalue weighted by Gasteiger charge is -2.18. The van der Waals surface area contributed by atoms with E-state index >= 15 is 0 Å². The van der Waals surface area contributed by atoms with E-state index in [1.165, 1.54) is 173 Å². The standard InChI is InChI=1S/C54H104O6/c1-48(2)40-34-28-22-16-12-10-8-7-9-11-13-19-25-31-37-43-52(55)58-46-51(60-54(57)45-39-33-27-21-15-18-24-30-36-42-50(5)6)47-59-53(56)44-38-32-26-20-14-17-23-29-35-41-49(3)4/h48-51H,7-47H2,1-6H3/t51-/m0/s1. The highest BCUT2D eigenvalue weighted by Crippen LogP contribution is 2.18. The number of hydrogen-bond donors (Lipinski definition) is 0. The van der Waals surface area contributed by atoms with Crippen LogP contribution in [0, 0.1) is 17.8 Å². The second-order valence-corrected chi connectivity index (χ2v) is 19.9. The molecule has 0 bridgehead atoms. The third kappa shape index (κ3) is 47.5. The Hall–Kier alpha value is -1.59. The van der Waals surface area contributed by atoms with Crippen molar-refractivity contribution >= 4 is 17.9 Å². The van der Waals surface area contributed by atoms with Crippen LogP contribution in [-0.4, -0.2) is 37.2 Å². The number of esters is 3. The maximum atomic E-state index is 12.8. The molecule has 0 aliphatic carbocycles. The molecule has 0 spiro atoms. The molecule has 0 heterocycles. The number of ether oxygens (including phenoxy) is 3. The van der Waals surface area contributed by atoms with Gasteiger partial charge in [0, 0.05) is 19.3 Å². The first-order chi connectivity index (χ1) is 29.1.